The van der Waals surface area contributed by atoms with E-state index in [9.17, 15) is 4.39 Å². The first-order chi connectivity index (χ1) is 15.7. The van der Waals surface area contributed by atoms with Crippen molar-refractivity contribution in [3.8, 4) is 28.4 Å². The zero-order valence-electron chi connectivity index (χ0n) is 18.1. The summed E-state index contributed by atoms with van der Waals surface area (Å²) >= 11 is 0. The molecule has 4 heterocycles. The highest BCUT2D eigenvalue weighted by molar-refractivity contribution is 5.64. The van der Waals surface area contributed by atoms with Crippen molar-refractivity contribution in [2.24, 2.45) is 0 Å². The molecule has 164 valence electrons. The first-order valence-electron chi connectivity index (χ1n) is 11.0. The van der Waals surface area contributed by atoms with Crippen molar-refractivity contribution >= 4 is 0 Å². The van der Waals surface area contributed by atoms with Crippen LogP contribution in [0.3, 0.4) is 0 Å². The van der Waals surface area contributed by atoms with Crippen LogP contribution >= 0.6 is 0 Å². The first-order valence-corrected chi connectivity index (χ1v) is 11.0. The molecule has 1 aromatic carbocycles. The summed E-state index contributed by atoms with van der Waals surface area (Å²) in [5.41, 5.74) is 3.89. The Labute approximate surface area is 186 Å². The first kappa shape index (κ1) is 20.6. The van der Waals surface area contributed by atoms with Crippen LogP contribution in [-0.4, -0.2) is 57.3 Å². The van der Waals surface area contributed by atoms with Crippen molar-refractivity contribution in [1.29, 1.82) is 0 Å². The summed E-state index contributed by atoms with van der Waals surface area (Å²) in [6.07, 6.45) is 5.39. The van der Waals surface area contributed by atoms with E-state index in [0.717, 1.165) is 67.4 Å². The number of aromatic nitrogens is 3. The van der Waals surface area contributed by atoms with Gasteiger partial charge in [0.2, 0.25) is 0 Å². The maximum absolute atomic E-state index is 13.2. The van der Waals surface area contributed by atoms with Gasteiger partial charge in [-0.1, -0.05) is 19.1 Å². The van der Waals surface area contributed by atoms with Crippen molar-refractivity contribution in [3.05, 3.63) is 78.6 Å². The van der Waals surface area contributed by atoms with Crippen molar-refractivity contribution < 1.29 is 8.81 Å². The van der Waals surface area contributed by atoms with E-state index in [4.69, 9.17) is 4.42 Å². The van der Waals surface area contributed by atoms with Gasteiger partial charge >= 0.3 is 0 Å². The third-order valence-corrected chi connectivity index (χ3v) is 6.05. The van der Waals surface area contributed by atoms with Gasteiger partial charge in [0.15, 0.2) is 11.6 Å². The summed E-state index contributed by atoms with van der Waals surface area (Å²) in [5, 5.41) is 4.66. The Balaban J connectivity index is 1.43. The highest BCUT2D eigenvalue weighted by atomic mass is 19.1. The van der Waals surface area contributed by atoms with E-state index in [1.165, 1.54) is 12.1 Å². The highest BCUT2D eigenvalue weighted by Gasteiger charge is 2.22. The van der Waals surface area contributed by atoms with Crippen LogP contribution in [0, 0.1) is 5.82 Å². The number of rotatable bonds is 6. The monoisotopic (exact) mass is 431 g/mol. The molecule has 0 aliphatic carbocycles. The number of pyridine rings is 1. The molecule has 1 saturated heterocycles. The van der Waals surface area contributed by atoms with Crippen molar-refractivity contribution in [2.45, 2.75) is 13.5 Å². The molecule has 0 N–H and O–H groups in total. The standard InChI is InChI=1S/C25H26FN5O/c1-2-29-11-13-30(14-12-29)18-21-17-28-31(25(21)23-4-3-15-32-23)24-10-7-20(16-27-24)19-5-8-22(26)9-6-19/h3-10,15-17H,2,11-14,18H2,1H3. The predicted molar refractivity (Wildman–Crippen MR) is 122 cm³/mol. The van der Waals surface area contributed by atoms with Crippen molar-refractivity contribution in [2.75, 3.05) is 32.7 Å². The molecule has 0 amide bonds. The third-order valence-electron chi connectivity index (χ3n) is 6.05. The van der Waals surface area contributed by atoms with Crippen LogP contribution < -0.4 is 0 Å². The molecule has 7 heteroatoms. The summed E-state index contributed by atoms with van der Waals surface area (Å²) in [7, 11) is 0. The van der Waals surface area contributed by atoms with E-state index in [0.29, 0.717) is 5.82 Å². The number of piperazine rings is 1. The number of nitrogens with zero attached hydrogens (tertiary/aromatic N) is 5. The number of hydrogen-bond acceptors (Lipinski definition) is 5. The molecule has 0 bridgehead atoms. The average molecular weight is 432 g/mol. The number of halogens is 1. The molecule has 0 radical (unpaired) electrons. The van der Waals surface area contributed by atoms with Crippen molar-refractivity contribution in [3.63, 3.8) is 0 Å². The molecule has 1 aliphatic heterocycles. The normalized spacial score (nSPS) is 15.3. The number of hydrogen-bond donors (Lipinski definition) is 0. The maximum Gasteiger partial charge on any atom is 0.154 e. The van der Waals surface area contributed by atoms with Gasteiger partial charge in [-0.25, -0.2) is 14.1 Å². The molecule has 1 aliphatic rings. The van der Waals surface area contributed by atoms with Gasteiger partial charge in [0.1, 0.15) is 11.5 Å². The number of benzene rings is 1. The molecule has 5 rings (SSSR count). The lowest BCUT2D eigenvalue weighted by Crippen LogP contribution is -2.45. The molecule has 6 nitrogen and oxygen atoms in total. The van der Waals surface area contributed by atoms with E-state index < -0.39 is 0 Å². The lowest BCUT2D eigenvalue weighted by molar-refractivity contribution is 0.132. The lowest BCUT2D eigenvalue weighted by Gasteiger charge is -2.33. The van der Waals surface area contributed by atoms with Crippen LogP contribution in [0.1, 0.15) is 12.5 Å². The van der Waals surface area contributed by atoms with Crippen LogP contribution in [0.2, 0.25) is 0 Å². The molecule has 0 saturated carbocycles. The molecule has 0 unspecified atom stereocenters. The second-order valence-electron chi connectivity index (χ2n) is 8.03. The summed E-state index contributed by atoms with van der Waals surface area (Å²) in [5.74, 6) is 1.24. The summed E-state index contributed by atoms with van der Waals surface area (Å²) in [6, 6.07) is 14.2. The zero-order chi connectivity index (χ0) is 21.9. The predicted octanol–water partition coefficient (Wildman–Crippen LogP) is 4.47. The highest BCUT2D eigenvalue weighted by Crippen LogP contribution is 2.28. The molecular formula is C25H26FN5O. The topological polar surface area (TPSA) is 50.3 Å². The molecule has 0 atom stereocenters. The van der Waals surface area contributed by atoms with E-state index in [1.54, 1.807) is 24.6 Å². The molecule has 0 spiro atoms. The second kappa shape index (κ2) is 9.06. The van der Waals surface area contributed by atoms with Crippen LogP contribution in [0.15, 0.2) is 71.6 Å². The Morgan fingerprint density at radius 3 is 2.31 bits per heavy atom. The molecular weight excluding hydrogens is 405 g/mol. The fraction of sp³-hybridized carbons (Fsp3) is 0.280. The van der Waals surface area contributed by atoms with E-state index in [2.05, 4.69) is 26.8 Å². The fourth-order valence-electron chi connectivity index (χ4n) is 4.18. The average Bonchev–Trinajstić information content (AvgIpc) is 3.50. The van der Waals surface area contributed by atoms with Crippen molar-refractivity contribution in [1.82, 2.24) is 24.6 Å². The minimum atomic E-state index is -0.249. The summed E-state index contributed by atoms with van der Waals surface area (Å²) in [4.78, 5) is 9.58. The summed E-state index contributed by atoms with van der Waals surface area (Å²) < 4.78 is 20.8. The van der Waals surface area contributed by atoms with Gasteiger partial charge < -0.3 is 9.32 Å². The molecule has 4 aromatic rings. The number of likely N-dealkylation sites (N-methyl/N-ethyl adjacent to an activating group) is 1. The number of furan rings is 1. The SMILES string of the molecule is CCN1CCN(Cc2cnn(-c3ccc(-c4ccc(F)cc4)cn3)c2-c2ccco2)CC1. The Bertz CT molecular complexity index is 1140. The van der Waals surface area contributed by atoms with Gasteiger partial charge in [-0.3, -0.25) is 4.90 Å². The van der Waals surface area contributed by atoms with E-state index >= 15 is 0 Å². The summed E-state index contributed by atoms with van der Waals surface area (Å²) in [6.45, 7) is 8.40. The van der Waals surface area contributed by atoms with Crippen LogP contribution in [-0.2, 0) is 6.54 Å². The zero-order valence-corrected chi connectivity index (χ0v) is 18.1. The van der Waals surface area contributed by atoms with Crippen LogP contribution in [0.25, 0.3) is 28.4 Å². The van der Waals surface area contributed by atoms with Gasteiger partial charge in [0.05, 0.1) is 12.5 Å². The van der Waals surface area contributed by atoms with Crippen LogP contribution in [0.5, 0.6) is 0 Å². The minimum absolute atomic E-state index is 0.249. The molecule has 1 fully saturated rings. The van der Waals surface area contributed by atoms with Gasteiger partial charge in [-0.05, 0) is 48.5 Å². The van der Waals surface area contributed by atoms with E-state index in [1.807, 2.05) is 35.1 Å². The van der Waals surface area contributed by atoms with E-state index in [-0.39, 0.29) is 5.82 Å². The Kier molecular flexibility index (Phi) is 5.83. The maximum atomic E-state index is 13.2. The Hall–Kier alpha value is -3.29. The Morgan fingerprint density at radius 2 is 1.66 bits per heavy atom. The fourth-order valence-corrected chi connectivity index (χ4v) is 4.18. The van der Waals surface area contributed by atoms with Gasteiger partial charge in [0.25, 0.3) is 0 Å². The minimum Gasteiger partial charge on any atom is -0.463 e. The second-order valence-corrected chi connectivity index (χ2v) is 8.03. The largest absolute Gasteiger partial charge is 0.463 e. The lowest BCUT2D eigenvalue weighted by atomic mass is 10.1. The third kappa shape index (κ3) is 4.22. The smallest absolute Gasteiger partial charge is 0.154 e. The Morgan fingerprint density at radius 1 is 0.906 bits per heavy atom. The molecule has 3 aromatic heterocycles. The van der Waals surface area contributed by atoms with Gasteiger partial charge in [-0.15, -0.1) is 0 Å². The van der Waals surface area contributed by atoms with Crippen LogP contribution in [0.4, 0.5) is 4.39 Å². The molecule has 32 heavy (non-hydrogen) atoms. The van der Waals surface area contributed by atoms with Gasteiger partial charge in [0, 0.05) is 50.0 Å². The quantitative estimate of drug-likeness (QED) is 0.451. The van der Waals surface area contributed by atoms with Gasteiger partial charge in [-0.2, -0.15) is 5.10 Å².